The molecule has 106 valence electrons. The van der Waals surface area contributed by atoms with Crippen LogP contribution < -0.4 is 5.32 Å². The van der Waals surface area contributed by atoms with Crippen molar-refractivity contribution in [2.75, 3.05) is 33.4 Å². The fourth-order valence-electron chi connectivity index (χ4n) is 3.69. The zero-order valence-corrected chi connectivity index (χ0v) is 12.4. The second-order valence-corrected chi connectivity index (χ2v) is 6.28. The number of methoxy groups -OCH3 is 1. The number of piperazine rings is 1. The van der Waals surface area contributed by atoms with Gasteiger partial charge in [-0.2, -0.15) is 0 Å². The monoisotopic (exact) mass is 254 g/mol. The Hall–Kier alpha value is -0.120. The number of nitrogens with one attached hydrogen (secondary N) is 1. The van der Waals surface area contributed by atoms with Gasteiger partial charge in [-0.1, -0.05) is 33.1 Å². The van der Waals surface area contributed by atoms with Gasteiger partial charge in [-0.3, -0.25) is 4.90 Å². The van der Waals surface area contributed by atoms with Crippen LogP contribution in [0.2, 0.25) is 0 Å². The summed E-state index contributed by atoms with van der Waals surface area (Å²) in [5.74, 6) is 0.771. The molecule has 2 aliphatic rings. The van der Waals surface area contributed by atoms with E-state index in [1.807, 2.05) is 7.11 Å². The second-order valence-electron chi connectivity index (χ2n) is 6.28. The quantitative estimate of drug-likeness (QED) is 0.814. The zero-order chi connectivity index (χ0) is 13.0. The number of ether oxygens (including phenoxy) is 1. The molecule has 0 aromatic carbocycles. The van der Waals surface area contributed by atoms with Crippen molar-refractivity contribution in [3.8, 4) is 0 Å². The third-order valence-electron chi connectivity index (χ3n) is 5.11. The maximum Gasteiger partial charge on any atom is 0.0589 e. The Morgan fingerprint density at radius 2 is 2.11 bits per heavy atom. The first-order chi connectivity index (χ1) is 8.71. The summed E-state index contributed by atoms with van der Waals surface area (Å²) in [4.78, 5) is 2.69. The molecule has 0 aromatic rings. The predicted molar refractivity (Wildman–Crippen MR) is 75.9 cm³/mol. The van der Waals surface area contributed by atoms with Gasteiger partial charge in [0.15, 0.2) is 0 Å². The fraction of sp³-hybridized carbons (Fsp3) is 1.00. The molecule has 2 rings (SSSR count). The van der Waals surface area contributed by atoms with Crippen molar-refractivity contribution >= 4 is 0 Å². The van der Waals surface area contributed by atoms with E-state index in [9.17, 15) is 0 Å². The maximum atomic E-state index is 5.30. The summed E-state index contributed by atoms with van der Waals surface area (Å²) < 4.78 is 5.30. The Balaban J connectivity index is 2.00. The average Bonchev–Trinajstić information content (AvgIpc) is 2.84. The second kappa shape index (κ2) is 6.36. The normalized spacial score (nSPS) is 29.8. The molecular formula is C15H30N2O. The fourth-order valence-corrected chi connectivity index (χ4v) is 3.69. The molecule has 0 aromatic heterocycles. The van der Waals surface area contributed by atoms with Crippen LogP contribution in [0.25, 0.3) is 0 Å². The molecule has 2 fully saturated rings. The topological polar surface area (TPSA) is 24.5 Å². The third kappa shape index (κ3) is 3.06. The van der Waals surface area contributed by atoms with Crippen LogP contribution in [0.5, 0.6) is 0 Å². The highest BCUT2D eigenvalue weighted by molar-refractivity contribution is 5.01. The highest BCUT2D eigenvalue weighted by Gasteiger charge is 2.41. The third-order valence-corrected chi connectivity index (χ3v) is 5.11. The first-order valence-corrected chi connectivity index (χ1v) is 7.69. The molecule has 2 atom stereocenters. The Labute approximate surface area is 112 Å². The lowest BCUT2D eigenvalue weighted by atomic mass is 9.87. The summed E-state index contributed by atoms with van der Waals surface area (Å²) in [6.45, 7) is 9.04. The lowest BCUT2D eigenvalue weighted by molar-refractivity contribution is 0.0317. The Bertz CT molecular complexity index is 251. The predicted octanol–water partition coefficient (Wildman–Crippen LogP) is 2.27. The molecule has 3 heteroatoms. The number of hydrogen-bond donors (Lipinski definition) is 1. The minimum Gasteiger partial charge on any atom is -0.383 e. The summed E-state index contributed by atoms with van der Waals surface area (Å²) >= 11 is 0. The molecule has 1 saturated carbocycles. The van der Waals surface area contributed by atoms with Crippen LogP contribution in [-0.2, 0) is 4.74 Å². The van der Waals surface area contributed by atoms with Crippen molar-refractivity contribution in [3.05, 3.63) is 0 Å². The standard InChI is InChI=1S/C15H30N2O/c1-4-13(2)14-11-16-15(7-5-6-8-15)12-17(14)9-10-18-3/h13-14,16H,4-12H2,1-3H3. The van der Waals surface area contributed by atoms with E-state index in [0.29, 0.717) is 11.6 Å². The van der Waals surface area contributed by atoms with Gasteiger partial charge in [0.1, 0.15) is 0 Å². The van der Waals surface area contributed by atoms with E-state index in [0.717, 1.165) is 19.1 Å². The first kappa shape index (κ1) is 14.3. The molecule has 2 unspecified atom stereocenters. The van der Waals surface area contributed by atoms with Crippen molar-refractivity contribution in [2.45, 2.75) is 57.5 Å². The van der Waals surface area contributed by atoms with E-state index < -0.39 is 0 Å². The lowest BCUT2D eigenvalue weighted by Gasteiger charge is -2.48. The lowest BCUT2D eigenvalue weighted by Crippen LogP contribution is -2.64. The summed E-state index contributed by atoms with van der Waals surface area (Å²) in [5, 5.41) is 3.88. The van der Waals surface area contributed by atoms with Crippen LogP contribution in [0.3, 0.4) is 0 Å². The van der Waals surface area contributed by atoms with Crippen molar-refractivity contribution in [2.24, 2.45) is 5.92 Å². The molecule has 0 radical (unpaired) electrons. The van der Waals surface area contributed by atoms with E-state index >= 15 is 0 Å². The minimum absolute atomic E-state index is 0.428. The summed E-state index contributed by atoms with van der Waals surface area (Å²) in [7, 11) is 1.81. The maximum absolute atomic E-state index is 5.30. The van der Waals surface area contributed by atoms with Gasteiger partial charge in [-0.25, -0.2) is 0 Å². The highest BCUT2D eigenvalue weighted by atomic mass is 16.5. The summed E-state index contributed by atoms with van der Waals surface area (Å²) in [6.07, 6.45) is 6.80. The van der Waals surface area contributed by atoms with Gasteiger partial charge in [0.25, 0.3) is 0 Å². The van der Waals surface area contributed by atoms with Crippen LogP contribution in [0, 0.1) is 5.92 Å². The van der Waals surface area contributed by atoms with Gasteiger partial charge < -0.3 is 10.1 Å². The minimum atomic E-state index is 0.428. The number of nitrogens with zero attached hydrogens (tertiary/aromatic N) is 1. The smallest absolute Gasteiger partial charge is 0.0589 e. The van der Waals surface area contributed by atoms with E-state index in [2.05, 4.69) is 24.1 Å². The van der Waals surface area contributed by atoms with Crippen LogP contribution in [0.4, 0.5) is 0 Å². The zero-order valence-electron chi connectivity index (χ0n) is 12.4. The molecule has 1 aliphatic heterocycles. The van der Waals surface area contributed by atoms with Crippen molar-refractivity contribution in [1.82, 2.24) is 10.2 Å². The highest BCUT2D eigenvalue weighted by Crippen LogP contribution is 2.34. The van der Waals surface area contributed by atoms with Gasteiger partial charge in [-0.05, 0) is 18.8 Å². The molecule has 3 nitrogen and oxygen atoms in total. The van der Waals surface area contributed by atoms with Gasteiger partial charge in [0, 0.05) is 38.3 Å². The van der Waals surface area contributed by atoms with E-state index in [1.54, 1.807) is 0 Å². The molecule has 1 N–H and O–H groups in total. The van der Waals surface area contributed by atoms with Crippen molar-refractivity contribution in [3.63, 3.8) is 0 Å². The molecular weight excluding hydrogens is 224 g/mol. The van der Waals surface area contributed by atoms with Gasteiger partial charge in [0.05, 0.1) is 6.61 Å². The molecule has 18 heavy (non-hydrogen) atoms. The number of hydrogen-bond acceptors (Lipinski definition) is 3. The molecule has 1 aliphatic carbocycles. The van der Waals surface area contributed by atoms with Crippen molar-refractivity contribution < 1.29 is 4.74 Å². The van der Waals surface area contributed by atoms with Crippen LogP contribution in [0.15, 0.2) is 0 Å². The Morgan fingerprint density at radius 1 is 1.39 bits per heavy atom. The van der Waals surface area contributed by atoms with Crippen LogP contribution in [-0.4, -0.2) is 49.8 Å². The first-order valence-electron chi connectivity index (χ1n) is 7.69. The summed E-state index contributed by atoms with van der Waals surface area (Å²) in [6, 6.07) is 0.691. The summed E-state index contributed by atoms with van der Waals surface area (Å²) in [5.41, 5.74) is 0.428. The Morgan fingerprint density at radius 3 is 2.72 bits per heavy atom. The molecule has 1 spiro atoms. The molecule has 0 amide bonds. The van der Waals surface area contributed by atoms with E-state index in [-0.39, 0.29) is 0 Å². The molecule has 1 saturated heterocycles. The SMILES string of the molecule is CCC(C)C1CNC2(CCCC2)CN1CCOC. The Kier molecular flexibility index (Phi) is 5.05. The van der Waals surface area contributed by atoms with Crippen molar-refractivity contribution in [1.29, 1.82) is 0 Å². The number of rotatable bonds is 5. The van der Waals surface area contributed by atoms with Gasteiger partial charge in [0.2, 0.25) is 0 Å². The van der Waals surface area contributed by atoms with E-state index in [1.165, 1.54) is 45.2 Å². The van der Waals surface area contributed by atoms with Crippen LogP contribution >= 0.6 is 0 Å². The average molecular weight is 254 g/mol. The molecule has 1 heterocycles. The molecule has 0 bridgehead atoms. The van der Waals surface area contributed by atoms with Crippen LogP contribution in [0.1, 0.15) is 46.0 Å². The van der Waals surface area contributed by atoms with E-state index in [4.69, 9.17) is 4.74 Å². The van der Waals surface area contributed by atoms with Gasteiger partial charge in [-0.15, -0.1) is 0 Å². The largest absolute Gasteiger partial charge is 0.383 e. The van der Waals surface area contributed by atoms with Gasteiger partial charge >= 0.3 is 0 Å².